The van der Waals surface area contributed by atoms with E-state index in [1.807, 2.05) is 50.5 Å². The molecule has 3 aliphatic rings. The minimum atomic E-state index is -0.600. The Kier molecular flexibility index (Phi) is 18.8. The van der Waals surface area contributed by atoms with Gasteiger partial charge in [-0.25, -0.2) is 9.18 Å². The number of carbonyl (C=O) groups is 4. The third-order valence-corrected chi connectivity index (χ3v) is 10.2. The van der Waals surface area contributed by atoms with Gasteiger partial charge in [-0.05, 0) is 101 Å². The highest BCUT2D eigenvalue weighted by Crippen LogP contribution is 2.30. The molecule has 0 atom stereocenters. The summed E-state index contributed by atoms with van der Waals surface area (Å²) in [7, 11) is 1.67. The molecule has 0 aliphatic carbocycles. The summed E-state index contributed by atoms with van der Waals surface area (Å²) in [6, 6.07) is 11.6. The van der Waals surface area contributed by atoms with Crippen molar-refractivity contribution in [3.8, 4) is 0 Å². The largest absolute Gasteiger partial charge is 0.444 e. The molecule has 0 aromatic heterocycles. The highest BCUT2D eigenvalue weighted by molar-refractivity contribution is 6.07. The lowest BCUT2D eigenvalue weighted by Crippen LogP contribution is -2.53. The fraction of sp³-hybridized carbons (Fsp3) is 0.630. The maximum absolute atomic E-state index is 15.0. The molecular weight excluding hydrogens is 736 g/mol. The van der Waals surface area contributed by atoms with Crippen LogP contribution in [0.3, 0.4) is 0 Å². The van der Waals surface area contributed by atoms with Gasteiger partial charge in [0.2, 0.25) is 5.91 Å². The van der Waals surface area contributed by atoms with Crippen molar-refractivity contribution in [2.45, 2.75) is 106 Å². The standard InChI is InChI=1S/C39H53FN6O5.C5H12.C2H6/c1-39(2,3)51-38(50)46-17-13-29(14-18-46)23-28-11-15-43(16-12-28)26-36(48)44-19-21-45(22-20-44)37(49)33-24-30(9-10-34(33)40)25-35(42-41-4)32-8-6-5-7-31(32)27-47;1-5(2,3)4;1-2/h5-10,24,27-29,41H,11-23,25-26H2,1-4H3;1-4H3;1-2H3/b42-35-;;. The maximum atomic E-state index is 15.0. The summed E-state index contributed by atoms with van der Waals surface area (Å²) in [5.41, 5.74) is 5.23. The average molecular weight is 807 g/mol. The molecule has 3 aliphatic heterocycles. The highest BCUT2D eigenvalue weighted by atomic mass is 19.1. The monoisotopic (exact) mass is 807 g/mol. The molecule has 3 heterocycles. The van der Waals surface area contributed by atoms with Crippen LogP contribution in [-0.2, 0) is 16.0 Å². The van der Waals surface area contributed by atoms with Crippen LogP contribution in [0.25, 0.3) is 0 Å². The average Bonchev–Trinajstić information content (AvgIpc) is 3.18. The normalized spacial score (nSPS) is 17.4. The van der Waals surface area contributed by atoms with Crippen molar-refractivity contribution in [3.63, 3.8) is 0 Å². The molecule has 12 heteroatoms. The second-order valence-electron chi connectivity index (χ2n) is 18.0. The first-order valence-corrected chi connectivity index (χ1v) is 21.3. The molecule has 11 nitrogen and oxygen atoms in total. The van der Waals surface area contributed by atoms with Crippen molar-refractivity contribution < 1.29 is 28.3 Å². The number of likely N-dealkylation sites (tertiary alicyclic amines) is 2. The van der Waals surface area contributed by atoms with Gasteiger partial charge in [-0.15, -0.1) is 0 Å². The van der Waals surface area contributed by atoms with Crippen molar-refractivity contribution in [3.05, 3.63) is 70.5 Å². The van der Waals surface area contributed by atoms with E-state index in [-0.39, 0.29) is 17.6 Å². The highest BCUT2D eigenvalue weighted by Gasteiger charge is 2.31. The van der Waals surface area contributed by atoms with Crippen LogP contribution < -0.4 is 5.43 Å². The van der Waals surface area contributed by atoms with Crippen molar-refractivity contribution in [2.24, 2.45) is 22.4 Å². The fourth-order valence-electron chi connectivity index (χ4n) is 7.38. The van der Waals surface area contributed by atoms with E-state index >= 15 is 0 Å². The van der Waals surface area contributed by atoms with Crippen molar-refractivity contribution in [1.82, 2.24) is 25.0 Å². The molecule has 322 valence electrons. The number of hydrazone groups is 1. The van der Waals surface area contributed by atoms with E-state index < -0.39 is 17.3 Å². The third kappa shape index (κ3) is 15.8. The smallest absolute Gasteiger partial charge is 0.410 e. The summed E-state index contributed by atoms with van der Waals surface area (Å²) in [4.78, 5) is 58.2. The summed E-state index contributed by atoms with van der Waals surface area (Å²) in [6.45, 7) is 23.6. The van der Waals surface area contributed by atoms with Gasteiger partial charge in [0.05, 0.1) is 17.8 Å². The number of ether oxygens (including phenoxy) is 1. The van der Waals surface area contributed by atoms with Crippen LogP contribution in [-0.4, -0.2) is 121 Å². The predicted molar refractivity (Wildman–Crippen MR) is 231 cm³/mol. The van der Waals surface area contributed by atoms with Crippen LogP contribution in [0.2, 0.25) is 0 Å². The van der Waals surface area contributed by atoms with Crippen molar-refractivity contribution in [2.75, 3.05) is 66.0 Å². The first kappa shape index (κ1) is 48.1. The van der Waals surface area contributed by atoms with E-state index in [0.717, 1.165) is 58.1 Å². The Morgan fingerprint density at radius 1 is 0.793 bits per heavy atom. The molecule has 58 heavy (non-hydrogen) atoms. The van der Waals surface area contributed by atoms with Crippen molar-refractivity contribution in [1.29, 1.82) is 0 Å². The Morgan fingerprint density at radius 3 is 1.90 bits per heavy atom. The van der Waals surface area contributed by atoms with Gasteiger partial charge in [-0.2, -0.15) is 5.10 Å². The van der Waals surface area contributed by atoms with E-state index in [1.165, 1.54) is 12.5 Å². The zero-order valence-corrected chi connectivity index (χ0v) is 37.0. The second kappa shape index (κ2) is 22.7. The number of rotatable bonds is 10. The van der Waals surface area contributed by atoms with Crippen LogP contribution in [0, 0.1) is 23.1 Å². The molecule has 3 amide bonds. The topological polar surface area (TPSA) is 115 Å². The zero-order chi connectivity index (χ0) is 43.0. The molecule has 0 unspecified atom stereocenters. The number of piperidine rings is 2. The molecule has 2 aromatic rings. The van der Waals surface area contributed by atoms with Gasteiger partial charge in [-0.3, -0.25) is 19.3 Å². The zero-order valence-electron chi connectivity index (χ0n) is 37.0. The minimum Gasteiger partial charge on any atom is -0.444 e. The molecule has 5 rings (SSSR count). The minimum absolute atomic E-state index is 0.0174. The molecule has 3 fully saturated rings. The van der Waals surface area contributed by atoms with Crippen LogP contribution in [0.15, 0.2) is 47.6 Å². The Bertz CT molecular complexity index is 1660. The van der Waals surface area contributed by atoms with Crippen LogP contribution in [0.4, 0.5) is 9.18 Å². The summed E-state index contributed by atoms with van der Waals surface area (Å²) in [5, 5.41) is 4.36. The molecule has 0 bridgehead atoms. The summed E-state index contributed by atoms with van der Waals surface area (Å²) < 4.78 is 20.5. The molecular formula is C46H71FN6O5. The number of halogens is 1. The van der Waals surface area contributed by atoms with Crippen LogP contribution in [0.1, 0.15) is 126 Å². The number of carbonyl (C=O) groups excluding carboxylic acids is 4. The first-order valence-electron chi connectivity index (χ1n) is 21.3. The number of aldehydes is 1. The Labute approximate surface area is 347 Å². The SMILES string of the molecule is CC.CC(C)(C)C.CN/N=C(/Cc1ccc(F)c(C(=O)N2CCN(C(=O)CN3CCC(CC4CCN(C(=O)OC(C)(C)C)CC4)CC3)CC2)c1)c1ccccc1C=O. The number of benzene rings is 2. The second-order valence-corrected chi connectivity index (χ2v) is 18.0. The van der Waals surface area contributed by atoms with Crippen molar-refractivity contribution >= 4 is 29.9 Å². The first-order chi connectivity index (χ1) is 27.4. The Balaban J connectivity index is 0.00000119. The molecule has 2 aromatic carbocycles. The number of nitrogens with zero attached hydrogens (tertiary/aromatic N) is 5. The third-order valence-electron chi connectivity index (χ3n) is 10.2. The number of hydrogen-bond acceptors (Lipinski definition) is 8. The number of hydrogen-bond donors (Lipinski definition) is 1. The van der Waals surface area contributed by atoms with E-state index in [0.29, 0.717) is 78.8 Å². The van der Waals surface area contributed by atoms with Crippen LogP contribution in [0.5, 0.6) is 0 Å². The Hall–Kier alpha value is -4.32. The summed E-state index contributed by atoms with van der Waals surface area (Å²) in [5.74, 6) is 0.316. The molecule has 0 radical (unpaired) electrons. The predicted octanol–water partition coefficient (Wildman–Crippen LogP) is 7.92. The lowest BCUT2D eigenvalue weighted by molar-refractivity contribution is -0.134. The van der Waals surface area contributed by atoms with Gasteiger partial charge in [0, 0.05) is 63.9 Å². The van der Waals surface area contributed by atoms with E-state index in [2.05, 4.69) is 43.1 Å². The van der Waals surface area contributed by atoms with Gasteiger partial charge in [0.15, 0.2) is 6.29 Å². The van der Waals surface area contributed by atoms with Gasteiger partial charge in [0.1, 0.15) is 11.4 Å². The summed E-state index contributed by atoms with van der Waals surface area (Å²) >= 11 is 0. The molecule has 3 saturated heterocycles. The maximum Gasteiger partial charge on any atom is 0.410 e. The Morgan fingerprint density at radius 2 is 1.34 bits per heavy atom. The van der Waals surface area contributed by atoms with E-state index in [4.69, 9.17) is 4.74 Å². The van der Waals surface area contributed by atoms with Gasteiger partial charge in [0.25, 0.3) is 5.91 Å². The number of piperazine rings is 1. The number of amides is 3. The van der Waals surface area contributed by atoms with Crippen LogP contribution >= 0.6 is 0 Å². The number of nitrogens with one attached hydrogen (secondary N) is 1. The lowest BCUT2D eigenvalue weighted by Gasteiger charge is -2.38. The lowest BCUT2D eigenvalue weighted by atomic mass is 9.83. The van der Waals surface area contributed by atoms with Gasteiger partial charge < -0.3 is 24.9 Å². The van der Waals surface area contributed by atoms with E-state index in [1.54, 1.807) is 42.3 Å². The fourth-order valence-corrected chi connectivity index (χ4v) is 7.38. The van der Waals surface area contributed by atoms with Gasteiger partial charge in [-0.1, -0.05) is 71.9 Å². The quantitative estimate of drug-likeness (QED) is 0.148. The molecule has 0 saturated carbocycles. The summed E-state index contributed by atoms with van der Waals surface area (Å²) in [6.07, 6.45) is 6.17. The van der Waals surface area contributed by atoms with E-state index in [9.17, 15) is 23.6 Å². The molecule has 0 spiro atoms. The molecule has 1 N–H and O–H groups in total. The van der Waals surface area contributed by atoms with Gasteiger partial charge >= 0.3 is 6.09 Å².